The molecule has 2 aromatic carbocycles. The number of hydrogen-bond acceptors (Lipinski definition) is 2. The number of anilines is 2. The fourth-order valence-electron chi connectivity index (χ4n) is 1.90. The van der Waals surface area contributed by atoms with E-state index in [-0.39, 0.29) is 5.56 Å². The second-order valence-electron chi connectivity index (χ2n) is 4.57. The molecular formula is C15H14ClFN2O. The number of nitrogens with two attached hydrogens (primary N) is 1. The number of nitrogen functional groups attached to an aromatic ring is 1. The first-order valence-corrected chi connectivity index (χ1v) is 6.40. The number of aryl methyl sites for hydroxylation is 1. The van der Waals surface area contributed by atoms with E-state index in [1.165, 1.54) is 12.1 Å². The highest BCUT2D eigenvalue weighted by molar-refractivity contribution is 6.31. The predicted octanol–water partition coefficient (Wildman–Crippen LogP) is 3.93. The van der Waals surface area contributed by atoms with Gasteiger partial charge in [0.15, 0.2) is 0 Å². The molecule has 104 valence electrons. The van der Waals surface area contributed by atoms with Gasteiger partial charge in [0.25, 0.3) is 5.91 Å². The van der Waals surface area contributed by atoms with Gasteiger partial charge in [-0.25, -0.2) is 4.39 Å². The van der Waals surface area contributed by atoms with E-state index in [2.05, 4.69) is 5.32 Å². The summed E-state index contributed by atoms with van der Waals surface area (Å²) in [5, 5.41) is 3.18. The van der Waals surface area contributed by atoms with Crippen molar-refractivity contribution in [3.05, 3.63) is 57.9 Å². The van der Waals surface area contributed by atoms with Gasteiger partial charge in [0, 0.05) is 16.4 Å². The molecule has 20 heavy (non-hydrogen) atoms. The second-order valence-corrected chi connectivity index (χ2v) is 4.97. The van der Waals surface area contributed by atoms with Crippen molar-refractivity contribution in [3.8, 4) is 0 Å². The lowest BCUT2D eigenvalue weighted by molar-refractivity contribution is 0.102. The standard InChI is InChI=1S/C15H14ClFN2O/c1-8-6-10(18)7-11(14(8)17)15(20)19-13-5-3-4-12(16)9(13)2/h3-7H,18H2,1-2H3,(H,19,20). The summed E-state index contributed by atoms with van der Waals surface area (Å²) in [6, 6.07) is 7.94. The van der Waals surface area contributed by atoms with Crippen LogP contribution in [0, 0.1) is 19.7 Å². The Labute approximate surface area is 121 Å². The number of carbonyl (C=O) groups is 1. The number of hydrogen-bond donors (Lipinski definition) is 2. The lowest BCUT2D eigenvalue weighted by atomic mass is 10.1. The number of amides is 1. The van der Waals surface area contributed by atoms with Crippen LogP contribution in [0.3, 0.4) is 0 Å². The summed E-state index contributed by atoms with van der Waals surface area (Å²) in [6.45, 7) is 3.34. The summed E-state index contributed by atoms with van der Waals surface area (Å²) in [7, 11) is 0. The van der Waals surface area contributed by atoms with Crippen LogP contribution in [0.5, 0.6) is 0 Å². The lowest BCUT2D eigenvalue weighted by Crippen LogP contribution is -2.15. The van der Waals surface area contributed by atoms with E-state index >= 15 is 0 Å². The van der Waals surface area contributed by atoms with Gasteiger partial charge in [-0.2, -0.15) is 0 Å². The topological polar surface area (TPSA) is 55.1 Å². The second kappa shape index (κ2) is 5.51. The van der Waals surface area contributed by atoms with Crippen LogP contribution in [-0.2, 0) is 0 Å². The van der Waals surface area contributed by atoms with Gasteiger partial charge in [-0.05, 0) is 49.2 Å². The van der Waals surface area contributed by atoms with Crippen molar-refractivity contribution in [1.29, 1.82) is 0 Å². The summed E-state index contributed by atoms with van der Waals surface area (Å²) in [6.07, 6.45) is 0. The van der Waals surface area contributed by atoms with Gasteiger partial charge in [0.05, 0.1) is 5.56 Å². The normalized spacial score (nSPS) is 10.4. The first-order valence-electron chi connectivity index (χ1n) is 6.02. The fourth-order valence-corrected chi connectivity index (χ4v) is 2.07. The maximum atomic E-state index is 14.0. The Morgan fingerprint density at radius 3 is 2.70 bits per heavy atom. The highest BCUT2D eigenvalue weighted by atomic mass is 35.5. The first kappa shape index (κ1) is 14.3. The maximum absolute atomic E-state index is 14.0. The number of nitrogens with one attached hydrogen (secondary N) is 1. The average molecular weight is 293 g/mol. The average Bonchev–Trinajstić information content (AvgIpc) is 2.39. The zero-order chi connectivity index (χ0) is 14.9. The molecule has 0 aliphatic heterocycles. The van der Waals surface area contributed by atoms with Crippen molar-refractivity contribution in [3.63, 3.8) is 0 Å². The van der Waals surface area contributed by atoms with Crippen LogP contribution in [0.2, 0.25) is 5.02 Å². The maximum Gasteiger partial charge on any atom is 0.258 e. The number of benzene rings is 2. The molecule has 0 fully saturated rings. The van der Waals surface area contributed by atoms with Crippen LogP contribution in [0.4, 0.5) is 15.8 Å². The minimum absolute atomic E-state index is 0.0816. The molecule has 1 amide bonds. The molecule has 0 aliphatic rings. The zero-order valence-electron chi connectivity index (χ0n) is 11.1. The molecule has 0 spiro atoms. The highest BCUT2D eigenvalue weighted by Crippen LogP contribution is 2.24. The lowest BCUT2D eigenvalue weighted by Gasteiger charge is -2.11. The van der Waals surface area contributed by atoms with E-state index in [1.807, 2.05) is 0 Å². The molecule has 2 rings (SSSR count). The van der Waals surface area contributed by atoms with Crippen LogP contribution in [0.15, 0.2) is 30.3 Å². The molecule has 3 nitrogen and oxygen atoms in total. The van der Waals surface area contributed by atoms with E-state index in [0.717, 1.165) is 5.56 Å². The highest BCUT2D eigenvalue weighted by Gasteiger charge is 2.16. The Morgan fingerprint density at radius 2 is 2.00 bits per heavy atom. The van der Waals surface area contributed by atoms with Crippen LogP contribution in [0.1, 0.15) is 21.5 Å². The Bertz CT molecular complexity index is 686. The van der Waals surface area contributed by atoms with Crippen molar-refractivity contribution in [1.82, 2.24) is 0 Å². The van der Waals surface area contributed by atoms with E-state index in [0.29, 0.717) is 22.0 Å². The molecule has 0 atom stereocenters. The van der Waals surface area contributed by atoms with Crippen molar-refractivity contribution < 1.29 is 9.18 Å². The summed E-state index contributed by atoms with van der Waals surface area (Å²) in [5.41, 5.74) is 7.51. The monoisotopic (exact) mass is 292 g/mol. The molecule has 0 heterocycles. The summed E-state index contributed by atoms with van der Waals surface area (Å²) in [5.74, 6) is -1.13. The molecule has 2 aromatic rings. The fraction of sp³-hybridized carbons (Fsp3) is 0.133. The largest absolute Gasteiger partial charge is 0.399 e. The third-order valence-electron chi connectivity index (χ3n) is 3.04. The smallest absolute Gasteiger partial charge is 0.258 e. The van der Waals surface area contributed by atoms with Crippen LogP contribution in [-0.4, -0.2) is 5.91 Å². The van der Waals surface area contributed by atoms with E-state index in [1.54, 1.807) is 32.0 Å². The molecular weight excluding hydrogens is 279 g/mol. The molecule has 0 aromatic heterocycles. The van der Waals surface area contributed by atoms with Gasteiger partial charge in [0.1, 0.15) is 5.82 Å². The Hall–Kier alpha value is -2.07. The van der Waals surface area contributed by atoms with Crippen molar-refractivity contribution in [2.75, 3.05) is 11.1 Å². The van der Waals surface area contributed by atoms with Gasteiger partial charge >= 0.3 is 0 Å². The van der Waals surface area contributed by atoms with Crippen LogP contribution in [0.25, 0.3) is 0 Å². The molecule has 0 bridgehead atoms. The van der Waals surface area contributed by atoms with Crippen molar-refractivity contribution in [2.24, 2.45) is 0 Å². The van der Waals surface area contributed by atoms with Gasteiger partial charge in [0.2, 0.25) is 0 Å². The molecule has 0 radical (unpaired) electrons. The van der Waals surface area contributed by atoms with Crippen LogP contribution < -0.4 is 11.1 Å². The predicted molar refractivity (Wildman–Crippen MR) is 79.7 cm³/mol. The summed E-state index contributed by atoms with van der Waals surface area (Å²) >= 11 is 5.98. The van der Waals surface area contributed by atoms with Gasteiger partial charge in [-0.3, -0.25) is 4.79 Å². The quantitative estimate of drug-likeness (QED) is 0.824. The molecule has 0 saturated heterocycles. The van der Waals surface area contributed by atoms with Gasteiger partial charge in [-0.1, -0.05) is 17.7 Å². The third kappa shape index (κ3) is 2.75. The number of halogens is 2. The molecule has 0 aliphatic carbocycles. The first-order chi connectivity index (χ1) is 9.40. The minimum Gasteiger partial charge on any atom is -0.399 e. The summed E-state index contributed by atoms with van der Waals surface area (Å²) < 4.78 is 14.0. The van der Waals surface area contributed by atoms with Gasteiger partial charge in [-0.15, -0.1) is 0 Å². The van der Waals surface area contributed by atoms with E-state index < -0.39 is 11.7 Å². The third-order valence-corrected chi connectivity index (χ3v) is 3.45. The Balaban J connectivity index is 2.36. The van der Waals surface area contributed by atoms with Crippen molar-refractivity contribution >= 4 is 28.9 Å². The van der Waals surface area contributed by atoms with Crippen LogP contribution >= 0.6 is 11.6 Å². The Morgan fingerprint density at radius 1 is 1.30 bits per heavy atom. The van der Waals surface area contributed by atoms with E-state index in [9.17, 15) is 9.18 Å². The zero-order valence-corrected chi connectivity index (χ0v) is 11.9. The van der Waals surface area contributed by atoms with Crippen molar-refractivity contribution in [2.45, 2.75) is 13.8 Å². The number of rotatable bonds is 2. The summed E-state index contributed by atoms with van der Waals surface area (Å²) in [4.78, 5) is 12.2. The molecule has 0 unspecified atom stereocenters. The molecule has 3 N–H and O–H groups in total. The molecule has 0 saturated carbocycles. The van der Waals surface area contributed by atoms with Gasteiger partial charge < -0.3 is 11.1 Å². The SMILES string of the molecule is Cc1cc(N)cc(C(=O)Nc2cccc(Cl)c2C)c1F. The Kier molecular flexibility index (Phi) is 3.95. The minimum atomic E-state index is -0.573. The van der Waals surface area contributed by atoms with E-state index in [4.69, 9.17) is 17.3 Å². The molecule has 5 heteroatoms. The number of carbonyl (C=O) groups excluding carboxylic acids is 1.